The van der Waals surface area contributed by atoms with Crippen LogP contribution in [0.1, 0.15) is 12.5 Å². The van der Waals surface area contributed by atoms with Crippen molar-refractivity contribution in [1.29, 1.82) is 0 Å². The molecule has 0 bridgehead atoms. The van der Waals surface area contributed by atoms with Gasteiger partial charge in [-0.3, -0.25) is 4.90 Å². The van der Waals surface area contributed by atoms with Crippen LogP contribution in [0, 0.1) is 4.91 Å². The van der Waals surface area contributed by atoms with E-state index in [1.165, 1.54) is 6.07 Å². The van der Waals surface area contributed by atoms with Crippen LogP contribution in [0.4, 0.5) is 5.69 Å². The van der Waals surface area contributed by atoms with Crippen molar-refractivity contribution in [3.63, 3.8) is 0 Å². The van der Waals surface area contributed by atoms with Gasteiger partial charge in [0.2, 0.25) is 0 Å². The summed E-state index contributed by atoms with van der Waals surface area (Å²) in [4.78, 5) is 39.3. The van der Waals surface area contributed by atoms with Crippen LogP contribution in [0.3, 0.4) is 0 Å². The number of benzene rings is 2. The first-order valence-corrected chi connectivity index (χ1v) is 11.3. The Hall–Kier alpha value is -4.30. The van der Waals surface area contributed by atoms with Crippen molar-refractivity contribution in [3.8, 4) is 11.1 Å². The summed E-state index contributed by atoms with van der Waals surface area (Å²) >= 11 is 0. The molecule has 1 N–H and O–H groups in total. The molecule has 5 rings (SSSR count). The zero-order valence-corrected chi connectivity index (χ0v) is 19.1. The first-order valence-electron chi connectivity index (χ1n) is 11.3. The largest absolute Gasteiger partial charge is 0.422 e. The molecule has 0 amide bonds. The number of dihydropyridines is 1. The van der Waals surface area contributed by atoms with E-state index in [4.69, 9.17) is 8.83 Å². The molecule has 0 radical (unpaired) electrons. The summed E-state index contributed by atoms with van der Waals surface area (Å²) in [6.07, 6.45) is 6.01. The van der Waals surface area contributed by atoms with Crippen LogP contribution in [0.25, 0.3) is 33.1 Å². The lowest BCUT2D eigenvalue weighted by atomic mass is 9.99. The lowest BCUT2D eigenvalue weighted by Crippen LogP contribution is -2.26. The zero-order chi connectivity index (χ0) is 24.4. The summed E-state index contributed by atoms with van der Waals surface area (Å²) in [5.41, 5.74) is 1.98. The molecule has 1 aliphatic heterocycles. The Morgan fingerprint density at radius 2 is 1.89 bits per heavy atom. The van der Waals surface area contributed by atoms with Gasteiger partial charge in [0.15, 0.2) is 0 Å². The highest BCUT2D eigenvalue weighted by molar-refractivity contribution is 5.97. The number of nitrogens with one attached hydrogen (secondary N) is 1. The van der Waals surface area contributed by atoms with Crippen molar-refractivity contribution >= 4 is 27.6 Å². The van der Waals surface area contributed by atoms with Gasteiger partial charge in [0.1, 0.15) is 16.9 Å². The van der Waals surface area contributed by atoms with E-state index >= 15 is 0 Å². The second-order valence-electron chi connectivity index (χ2n) is 8.32. The number of hydrogen-bond donors (Lipinski definition) is 1. The van der Waals surface area contributed by atoms with E-state index in [2.05, 4.69) is 21.5 Å². The van der Waals surface area contributed by atoms with E-state index in [0.29, 0.717) is 41.7 Å². The summed E-state index contributed by atoms with van der Waals surface area (Å²) in [5, 5.41) is 7.58. The first kappa shape index (κ1) is 22.5. The van der Waals surface area contributed by atoms with E-state index in [0.717, 1.165) is 17.5 Å². The van der Waals surface area contributed by atoms with E-state index < -0.39 is 11.3 Å². The molecule has 0 fully saturated rings. The molecule has 4 aromatic rings. The lowest BCUT2D eigenvalue weighted by Gasteiger charge is -2.23. The van der Waals surface area contributed by atoms with Gasteiger partial charge in [-0.05, 0) is 53.8 Å². The normalized spacial score (nSPS) is 13.3. The summed E-state index contributed by atoms with van der Waals surface area (Å²) in [5.74, 6) is 0. The maximum absolute atomic E-state index is 12.8. The van der Waals surface area contributed by atoms with Gasteiger partial charge in [-0.1, -0.05) is 31.2 Å². The number of para-hydroxylation sites is 1. The fraction of sp³-hybridized carbons (Fsp3) is 0.185. The van der Waals surface area contributed by atoms with Crippen molar-refractivity contribution in [2.75, 3.05) is 19.6 Å². The van der Waals surface area contributed by atoms with E-state index in [1.54, 1.807) is 30.3 Å². The number of nitrogens with zero attached hydrogens (tertiary/aromatic N) is 2. The second kappa shape index (κ2) is 9.52. The predicted octanol–water partition coefficient (Wildman–Crippen LogP) is 4.83. The molecule has 35 heavy (non-hydrogen) atoms. The number of rotatable bonds is 7. The summed E-state index contributed by atoms with van der Waals surface area (Å²) in [6.45, 7) is 4.47. The van der Waals surface area contributed by atoms with Crippen LogP contribution >= 0.6 is 0 Å². The average Bonchev–Trinajstić information content (AvgIpc) is 2.88. The maximum atomic E-state index is 12.8. The summed E-state index contributed by atoms with van der Waals surface area (Å²) in [7, 11) is 0. The van der Waals surface area contributed by atoms with Gasteiger partial charge in [-0.2, -0.15) is 0 Å². The Morgan fingerprint density at radius 3 is 2.66 bits per heavy atom. The molecule has 0 spiro atoms. The smallest absolute Gasteiger partial charge is 0.344 e. The van der Waals surface area contributed by atoms with Crippen LogP contribution in [0.15, 0.2) is 96.1 Å². The van der Waals surface area contributed by atoms with Crippen LogP contribution in [-0.4, -0.2) is 24.5 Å². The van der Waals surface area contributed by atoms with E-state index in [1.807, 2.05) is 31.3 Å². The van der Waals surface area contributed by atoms with Crippen LogP contribution in [0.5, 0.6) is 0 Å². The Morgan fingerprint density at radius 1 is 1.03 bits per heavy atom. The monoisotopic (exact) mass is 469 g/mol. The second-order valence-corrected chi connectivity index (χ2v) is 8.32. The highest BCUT2D eigenvalue weighted by Gasteiger charge is 2.20. The quantitative estimate of drug-likeness (QED) is 0.305. The van der Waals surface area contributed by atoms with Gasteiger partial charge >= 0.3 is 11.3 Å². The van der Waals surface area contributed by atoms with E-state index in [-0.39, 0.29) is 16.8 Å². The zero-order valence-electron chi connectivity index (χ0n) is 19.1. The molecule has 1 aliphatic rings. The molecular formula is C27H23N3O5. The standard InChI is InChI=1S/C27H23N3O5/c1-2-30(15-17-9-11-28-12-10-17)16-22-23(29-33)8-7-19-20(14-25(31)35-26(19)22)21-13-18-5-3-4-6-24(18)34-27(21)32/h3-11,13-14,28H,2,12,15-16H2,1H3. The Balaban J connectivity index is 1.66. The fourth-order valence-corrected chi connectivity index (χ4v) is 4.35. The molecule has 8 heteroatoms. The van der Waals surface area contributed by atoms with Crippen molar-refractivity contribution in [2.24, 2.45) is 5.18 Å². The molecule has 2 aromatic heterocycles. The van der Waals surface area contributed by atoms with Gasteiger partial charge in [-0.15, -0.1) is 4.91 Å². The van der Waals surface area contributed by atoms with Gasteiger partial charge in [-0.25, -0.2) is 9.59 Å². The minimum Gasteiger partial charge on any atom is -0.422 e. The molecular weight excluding hydrogens is 446 g/mol. The number of fused-ring (bicyclic) bond motifs is 2. The maximum Gasteiger partial charge on any atom is 0.344 e. The van der Waals surface area contributed by atoms with Crippen molar-refractivity contribution in [3.05, 3.63) is 104 Å². The first-order chi connectivity index (χ1) is 17.1. The minimum atomic E-state index is -0.628. The van der Waals surface area contributed by atoms with E-state index in [9.17, 15) is 14.5 Å². The van der Waals surface area contributed by atoms with Crippen molar-refractivity contribution < 1.29 is 8.83 Å². The Kier molecular flexibility index (Phi) is 6.12. The third-order valence-corrected chi connectivity index (χ3v) is 6.15. The summed E-state index contributed by atoms with van der Waals surface area (Å²) in [6, 6.07) is 13.4. The molecule has 176 valence electrons. The molecule has 0 atom stereocenters. The van der Waals surface area contributed by atoms with Gasteiger partial charge in [0, 0.05) is 47.6 Å². The highest BCUT2D eigenvalue weighted by Crippen LogP contribution is 2.34. The molecule has 0 saturated heterocycles. The molecule has 0 unspecified atom stereocenters. The molecule has 0 saturated carbocycles. The van der Waals surface area contributed by atoms with Crippen LogP contribution in [0.2, 0.25) is 0 Å². The molecule has 8 nitrogen and oxygen atoms in total. The number of hydrogen-bond acceptors (Lipinski definition) is 8. The average molecular weight is 469 g/mol. The van der Waals surface area contributed by atoms with Gasteiger partial charge < -0.3 is 14.2 Å². The Bertz CT molecular complexity index is 1610. The SMILES string of the molecule is CCN(CC1=CCNC=C1)Cc1c(N=O)ccc2c(-c3cc4ccccc4oc3=O)cc(=O)oc12. The van der Waals surface area contributed by atoms with Gasteiger partial charge in [0.25, 0.3) is 0 Å². The molecule has 3 heterocycles. The topological polar surface area (TPSA) is 105 Å². The predicted molar refractivity (Wildman–Crippen MR) is 136 cm³/mol. The van der Waals surface area contributed by atoms with Gasteiger partial charge in [0.05, 0.1) is 5.56 Å². The molecule has 0 aliphatic carbocycles. The number of nitroso groups, excluding NO2 is 1. The highest BCUT2D eigenvalue weighted by atomic mass is 16.4. The minimum absolute atomic E-state index is 0.191. The third kappa shape index (κ3) is 4.43. The summed E-state index contributed by atoms with van der Waals surface area (Å²) < 4.78 is 11.1. The van der Waals surface area contributed by atoms with Crippen LogP contribution in [-0.2, 0) is 6.54 Å². The van der Waals surface area contributed by atoms with Crippen molar-refractivity contribution in [1.82, 2.24) is 10.2 Å². The number of likely N-dealkylation sites (N-methyl/N-ethyl adjacent to an activating group) is 1. The third-order valence-electron chi connectivity index (χ3n) is 6.15. The fourth-order valence-electron chi connectivity index (χ4n) is 4.35. The Labute approximate surface area is 200 Å². The van der Waals surface area contributed by atoms with Crippen molar-refractivity contribution in [2.45, 2.75) is 13.5 Å². The van der Waals surface area contributed by atoms with Crippen LogP contribution < -0.4 is 16.6 Å². The molecule has 2 aromatic carbocycles. The lowest BCUT2D eigenvalue weighted by molar-refractivity contribution is 0.305.